The van der Waals surface area contributed by atoms with Gasteiger partial charge in [-0.05, 0) is 27.4 Å². The zero-order valence-electron chi connectivity index (χ0n) is 8.01. The lowest BCUT2D eigenvalue weighted by Crippen LogP contribution is -2.26. The topological polar surface area (TPSA) is 68.0 Å². The van der Waals surface area contributed by atoms with E-state index in [0.717, 1.165) is 8.66 Å². The Bertz CT molecular complexity index is 483. The van der Waals surface area contributed by atoms with Crippen molar-refractivity contribution in [3.8, 4) is 0 Å². The third kappa shape index (κ3) is 2.67. The van der Waals surface area contributed by atoms with Gasteiger partial charge in [0.25, 0.3) is 0 Å². The number of hydrogen-bond donors (Lipinski definition) is 2. The third-order valence-corrected chi connectivity index (χ3v) is 4.19. The van der Waals surface area contributed by atoms with Crippen molar-refractivity contribution in [3.63, 3.8) is 0 Å². The molecule has 0 fully saturated rings. The predicted octanol–water partition coefficient (Wildman–Crippen LogP) is 2.61. The van der Waals surface area contributed by atoms with Crippen molar-refractivity contribution in [1.29, 1.82) is 0 Å². The van der Waals surface area contributed by atoms with Crippen LogP contribution in [0.1, 0.15) is 10.9 Å². The number of anilines is 1. The second-order valence-electron chi connectivity index (χ2n) is 2.95. The minimum absolute atomic E-state index is 0.246. The summed E-state index contributed by atoms with van der Waals surface area (Å²) >= 11 is 6.09. The SMILES string of the molecule is NC(C(=O)Nc1ncc(Br)s1)c1cccs1. The van der Waals surface area contributed by atoms with Crippen molar-refractivity contribution in [2.75, 3.05) is 5.32 Å². The van der Waals surface area contributed by atoms with E-state index in [1.807, 2.05) is 17.5 Å². The first-order valence-electron chi connectivity index (χ1n) is 4.38. The zero-order chi connectivity index (χ0) is 11.5. The first-order valence-corrected chi connectivity index (χ1v) is 6.87. The minimum Gasteiger partial charge on any atom is -0.316 e. The van der Waals surface area contributed by atoms with Crippen molar-refractivity contribution < 1.29 is 4.79 Å². The van der Waals surface area contributed by atoms with Gasteiger partial charge in [-0.1, -0.05) is 17.4 Å². The molecule has 0 saturated carbocycles. The van der Waals surface area contributed by atoms with Crippen LogP contribution in [-0.4, -0.2) is 10.9 Å². The Morgan fingerprint density at radius 3 is 3.00 bits per heavy atom. The lowest BCUT2D eigenvalue weighted by molar-refractivity contribution is -0.117. The summed E-state index contributed by atoms with van der Waals surface area (Å²) in [7, 11) is 0. The molecule has 2 rings (SSSR count). The molecule has 1 unspecified atom stereocenters. The molecular weight excluding hydrogens is 310 g/mol. The van der Waals surface area contributed by atoms with Crippen LogP contribution in [0.15, 0.2) is 27.5 Å². The first-order chi connectivity index (χ1) is 7.66. The van der Waals surface area contributed by atoms with E-state index >= 15 is 0 Å². The number of thiophene rings is 1. The fourth-order valence-corrected chi connectivity index (χ4v) is 2.93. The number of nitrogens with two attached hydrogens (primary N) is 1. The van der Waals surface area contributed by atoms with E-state index in [-0.39, 0.29) is 5.91 Å². The van der Waals surface area contributed by atoms with Crippen molar-refractivity contribution in [1.82, 2.24) is 4.98 Å². The maximum Gasteiger partial charge on any atom is 0.248 e. The van der Waals surface area contributed by atoms with Gasteiger partial charge in [-0.25, -0.2) is 4.98 Å². The van der Waals surface area contributed by atoms with Gasteiger partial charge in [0.2, 0.25) is 5.91 Å². The highest BCUT2D eigenvalue weighted by Gasteiger charge is 2.17. The van der Waals surface area contributed by atoms with Gasteiger partial charge >= 0.3 is 0 Å². The molecule has 0 bridgehead atoms. The monoisotopic (exact) mass is 317 g/mol. The maximum absolute atomic E-state index is 11.7. The lowest BCUT2D eigenvalue weighted by Gasteiger charge is -2.07. The standard InChI is InChI=1S/C9H8BrN3OS2/c10-6-4-12-9(16-6)13-8(14)7(11)5-2-1-3-15-5/h1-4,7H,11H2,(H,12,13,14). The van der Waals surface area contributed by atoms with Gasteiger partial charge in [-0.3, -0.25) is 4.79 Å². The summed E-state index contributed by atoms with van der Waals surface area (Å²) in [6.45, 7) is 0. The molecule has 0 spiro atoms. The van der Waals surface area contributed by atoms with E-state index in [0.29, 0.717) is 5.13 Å². The third-order valence-electron chi connectivity index (χ3n) is 1.84. The molecule has 1 amide bonds. The number of halogens is 1. The van der Waals surface area contributed by atoms with Crippen LogP contribution >= 0.6 is 38.6 Å². The van der Waals surface area contributed by atoms with Gasteiger partial charge in [0, 0.05) is 4.88 Å². The molecule has 0 radical (unpaired) electrons. The van der Waals surface area contributed by atoms with Crippen LogP contribution in [-0.2, 0) is 4.79 Å². The van der Waals surface area contributed by atoms with Crippen LogP contribution in [0.25, 0.3) is 0 Å². The summed E-state index contributed by atoms with van der Waals surface area (Å²) in [5.74, 6) is -0.246. The van der Waals surface area contributed by atoms with Gasteiger partial charge in [0.05, 0.1) is 9.98 Å². The number of thiazole rings is 1. The van der Waals surface area contributed by atoms with Gasteiger partial charge in [-0.2, -0.15) is 0 Å². The van der Waals surface area contributed by atoms with Gasteiger partial charge in [0.15, 0.2) is 5.13 Å². The van der Waals surface area contributed by atoms with Crippen LogP contribution in [0.4, 0.5) is 5.13 Å². The summed E-state index contributed by atoms with van der Waals surface area (Å²) in [4.78, 5) is 16.6. The molecule has 1 atom stereocenters. The second kappa shape index (κ2) is 5.05. The fraction of sp³-hybridized carbons (Fsp3) is 0.111. The maximum atomic E-state index is 11.7. The molecule has 4 nitrogen and oxygen atoms in total. The van der Waals surface area contributed by atoms with Crippen LogP contribution in [0, 0.1) is 0 Å². The van der Waals surface area contributed by atoms with E-state index in [2.05, 4.69) is 26.2 Å². The van der Waals surface area contributed by atoms with Crippen LogP contribution < -0.4 is 11.1 Å². The molecule has 0 aliphatic carbocycles. The van der Waals surface area contributed by atoms with E-state index < -0.39 is 6.04 Å². The average Bonchev–Trinajstić information content (AvgIpc) is 2.88. The average molecular weight is 318 g/mol. The Kier molecular flexibility index (Phi) is 3.70. The number of nitrogens with one attached hydrogen (secondary N) is 1. The number of hydrogen-bond acceptors (Lipinski definition) is 5. The number of carbonyl (C=O) groups excluding carboxylic acids is 1. The molecule has 2 aromatic rings. The highest BCUT2D eigenvalue weighted by atomic mass is 79.9. The number of amides is 1. The molecular formula is C9H8BrN3OS2. The van der Waals surface area contributed by atoms with E-state index in [4.69, 9.17) is 5.73 Å². The zero-order valence-corrected chi connectivity index (χ0v) is 11.2. The van der Waals surface area contributed by atoms with Crippen molar-refractivity contribution >= 4 is 49.6 Å². The number of carbonyl (C=O) groups is 1. The number of nitrogens with zero attached hydrogens (tertiary/aromatic N) is 1. The Hall–Kier alpha value is -0.760. The molecule has 2 heterocycles. The van der Waals surface area contributed by atoms with Crippen LogP contribution in [0.3, 0.4) is 0 Å². The van der Waals surface area contributed by atoms with E-state index in [1.54, 1.807) is 6.20 Å². The Balaban J connectivity index is 2.03. The molecule has 16 heavy (non-hydrogen) atoms. The second-order valence-corrected chi connectivity index (χ2v) is 6.34. The Morgan fingerprint density at radius 2 is 2.44 bits per heavy atom. The first kappa shape index (κ1) is 11.7. The summed E-state index contributed by atoms with van der Waals surface area (Å²) < 4.78 is 0.868. The molecule has 84 valence electrons. The Labute approximate surface area is 109 Å². The molecule has 0 aliphatic heterocycles. The quantitative estimate of drug-likeness (QED) is 0.914. The van der Waals surface area contributed by atoms with E-state index in [1.165, 1.54) is 22.7 Å². The lowest BCUT2D eigenvalue weighted by atomic mass is 10.2. The highest BCUT2D eigenvalue weighted by molar-refractivity contribution is 9.11. The largest absolute Gasteiger partial charge is 0.316 e. The van der Waals surface area contributed by atoms with Gasteiger partial charge in [-0.15, -0.1) is 11.3 Å². The minimum atomic E-state index is -0.636. The molecule has 0 aliphatic rings. The van der Waals surface area contributed by atoms with Crippen molar-refractivity contribution in [2.24, 2.45) is 5.73 Å². The Morgan fingerprint density at radius 1 is 1.62 bits per heavy atom. The molecule has 0 saturated heterocycles. The predicted molar refractivity (Wildman–Crippen MR) is 69.7 cm³/mol. The fourth-order valence-electron chi connectivity index (χ4n) is 1.09. The summed E-state index contributed by atoms with van der Waals surface area (Å²) in [6.07, 6.45) is 1.64. The van der Waals surface area contributed by atoms with Gasteiger partial charge < -0.3 is 11.1 Å². The molecule has 2 aromatic heterocycles. The van der Waals surface area contributed by atoms with Crippen LogP contribution in [0.5, 0.6) is 0 Å². The summed E-state index contributed by atoms with van der Waals surface area (Å²) in [5, 5.41) is 5.11. The van der Waals surface area contributed by atoms with Crippen LogP contribution in [0.2, 0.25) is 0 Å². The smallest absolute Gasteiger partial charge is 0.248 e. The highest BCUT2D eigenvalue weighted by Crippen LogP contribution is 2.24. The van der Waals surface area contributed by atoms with Crippen molar-refractivity contribution in [3.05, 3.63) is 32.4 Å². The number of rotatable bonds is 3. The molecule has 7 heteroatoms. The summed E-state index contributed by atoms with van der Waals surface area (Å²) in [5.41, 5.74) is 5.80. The molecule has 0 aromatic carbocycles. The van der Waals surface area contributed by atoms with Gasteiger partial charge in [0.1, 0.15) is 6.04 Å². The normalized spacial score (nSPS) is 12.4. The number of aromatic nitrogens is 1. The molecule has 3 N–H and O–H groups in total. The summed E-state index contributed by atoms with van der Waals surface area (Å²) in [6, 6.07) is 3.07. The van der Waals surface area contributed by atoms with E-state index in [9.17, 15) is 4.79 Å². The van der Waals surface area contributed by atoms with Crippen molar-refractivity contribution in [2.45, 2.75) is 6.04 Å².